The van der Waals surface area contributed by atoms with Crippen LogP contribution in [0.15, 0.2) is 95.4 Å². The van der Waals surface area contributed by atoms with Crippen molar-refractivity contribution < 1.29 is 19.1 Å². The molecule has 0 atom stereocenters. The van der Waals surface area contributed by atoms with Gasteiger partial charge < -0.3 is 14.3 Å². The van der Waals surface area contributed by atoms with E-state index in [1.165, 1.54) is 0 Å². The first-order chi connectivity index (χ1) is 14.7. The van der Waals surface area contributed by atoms with Crippen molar-refractivity contribution in [2.45, 2.75) is 0 Å². The Morgan fingerprint density at radius 3 is 2.13 bits per heavy atom. The van der Waals surface area contributed by atoms with Crippen LogP contribution in [-0.4, -0.2) is 17.7 Å². The molecule has 30 heavy (non-hydrogen) atoms. The zero-order chi connectivity index (χ0) is 20.5. The molecule has 1 aromatic heterocycles. The summed E-state index contributed by atoms with van der Waals surface area (Å²) in [7, 11) is 0. The molecular formula is C26H18O4. The Labute approximate surface area is 173 Å². The van der Waals surface area contributed by atoms with Gasteiger partial charge in [-0.05, 0) is 23.3 Å². The number of rotatable bonds is 5. The number of carboxylic acids is 1. The third-order valence-corrected chi connectivity index (χ3v) is 5.11. The van der Waals surface area contributed by atoms with Gasteiger partial charge in [-0.3, -0.25) is 0 Å². The number of carbonyl (C=O) groups is 1. The minimum absolute atomic E-state index is 0.430. The van der Waals surface area contributed by atoms with E-state index in [1.807, 2.05) is 91.0 Å². The lowest BCUT2D eigenvalue weighted by molar-refractivity contribution is -0.139. The number of hydrogen-bond donors (Lipinski definition) is 1. The number of furan rings is 1. The molecule has 0 aliphatic rings. The van der Waals surface area contributed by atoms with E-state index in [0.29, 0.717) is 5.75 Å². The zero-order valence-corrected chi connectivity index (χ0v) is 16.0. The highest BCUT2D eigenvalue weighted by Crippen LogP contribution is 2.47. The second kappa shape index (κ2) is 7.41. The number of carboxylic acid groups (broad SMARTS) is 1. The third kappa shape index (κ3) is 3.08. The lowest BCUT2D eigenvalue weighted by Crippen LogP contribution is -2.11. The fourth-order valence-corrected chi connectivity index (χ4v) is 3.86. The summed E-state index contributed by atoms with van der Waals surface area (Å²) in [6, 6.07) is 29.4. The third-order valence-electron chi connectivity index (χ3n) is 5.11. The summed E-state index contributed by atoms with van der Waals surface area (Å²) >= 11 is 0. The van der Waals surface area contributed by atoms with Crippen LogP contribution in [0.3, 0.4) is 0 Å². The van der Waals surface area contributed by atoms with E-state index in [-0.39, 0.29) is 0 Å². The van der Waals surface area contributed by atoms with E-state index in [1.54, 1.807) is 0 Å². The van der Waals surface area contributed by atoms with Crippen molar-refractivity contribution in [2.75, 3.05) is 6.61 Å². The van der Waals surface area contributed by atoms with Gasteiger partial charge in [0.05, 0.1) is 0 Å². The quantitative estimate of drug-likeness (QED) is 0.376. The fourth-order valence-electron chi connectivity index (χ4n) is 3.86. The smallest absolute Gasteiger partial charge is 0.341 e. The second-order valence-electron chi connectivity index (χ2n) is 7.01. The molecule has 0 bridgehead atoms. The number of fused-ring (bicyclic) bond motifs is 3. The largest absolute Gasteiger partial charge is 0.481 e. The maximum atomic E-state index is 11.4. The van der Waals surface area contributed by atoms with E-state index in [2.05, 4.69) is 0 Å². The van der Waals surface area contributed by atoms with E-state index < -0.39 is 12.6 Å². The van der Waals surface area contributed by atoms with Gasteiger partial charge in [0.1, 0.15) is 16.9 Å². The van der Waals surface area contributed by atoms with Crippen molar-refractivity contribution in [1.29, 1.82) is 0 Å². The molecule has 146 valence electrons. The molecule has 0 radical (unpaired) electrons. The Hall–Kier alpha value is -4.05. The highest BCUT2D eigenvalue weighted by atomic mass is 16.5. The number of hydrogen-bond acceptors (Lipinski definition) is 3. The van der Waals surface area contributed by atoms with Crippen LogP contribution in [0.2, 0.25) is 0 Å². The molecule has 0 fully saturated rings. The summed E-state index contributed by atoms with van der Waals surface area (Å²) < 4.78 is 12.1. The van der Waals surface area contributed by atoms with Gasteiger partial charge in [-0.15, -0.1) is 0 Å². The predicted molar refractivity (Wildman–Crippen MR) is 118 cm³/mol. The van der Waals surface area contributed by atoms with Gasteiger partial charge in [-0.25, -0.2) is 4.79 Å². The number of para-hydroxylation sites is 1. The molecule has 1 heterocycles. The number of benzene rings is 4. The molecule has 4 nitrogen and oxygen atoms in total. The molecule has 0 amide bonds. The minimum atomic E-state index is -1.02. The first-order valence-electron chi connectivity index (χ1n) is 9.66. The van der Waals surface area contributed by atoms with E-state index in [4.69, 9.17) is 9.15 Å². The molecule has 0 saturated heterocycles. The standard InChI is InChI=1S/C26H18O4/c27-23(28)16-29-26-20(17-9-3-1-4-10-17)15-22-25(19-13-7-8-14-21(19)30-22)24(26)18-11-5-2-6-12-18/h1-15H,16H2,(H,27,28). The summed E-state index contributed by atoms with van der Waals surface area (Å²) in [5.74, 6) is -0.487. The first kappa shape index (κ1) is 18.0. The maximum Gasteiger partial charge on any atom is 0.341 e. The Morgan fingerprint density at radius 2 is 1.43 bits per heavy atom. The molecule has 0 unspecified atom stereocenters. The molecule has 0 aliphatic carbocycles. The van der Waals surface area contributed by atoms with Crippen LogP contribution < -0.4 is 4.74 Å². The first-order valence-corrected chi connectivity index (χ1v) is 9.66. The average molecular weight is 394 g/mol. The number of ether oxygens (including phenoxy) is 1. The van der Waals surface area contributed by atoms with Crippen LogP contribution in [-0.2, 0) is 4.79 Å². The van der Waals surface area contributed by atoms with Crippen LogP contribution in [0.4, 0.5) is 0 Å². The normalized spacial score (nSPS) is 11.1. The van der Waals surface area contributed by atoms with Crippen LogP contribution in [0.25, 0.3) is 44.2 Å². The molecule has 0 saturated carbocycles. The summed E-state index contributed by atoms with van der Waals surface area (Å²) in [5, 5.41) is 11.2. The maximum absolute atomic E-state index is 11.4. The minimum Gasteiger partial charge on any atom is -0.481 e. The van der Waals surface area contributed by atoms with Gasteiger partial charge in [0.25, 0.3) is 0 Å². The average Bonchev–Trinajstić information content (AvgIpc) is 3.16. The Bertz CT molecular complexity index is 1350. The summed E-state index contributed by atoms with van der Waals surface area (Å²) in [6.07, 6.45) is 0. The van der Waals surface area contributed by atoms with E-state index >= 15 is 0 Å². The van der Waals surface area contributed by atoms with Crippen LogP contribution in [0.5, 0.6) is 5.75 Å². The van der Waals surface area contributed by atoms with Gasteiger partial charge in [0.15, 0.2) is 6.61 Å². The van der Waals surface area contributed by atoms with Gasteiger partial charge in [-0.2, -0.15) is 0 Å². The predicted octanol–water partition coefficient (Wildman–Crippen LogP) is 6.38. The lowest BCUT2D eigenvalue weighted by atomic mass is 9.93. The van der Waals surface area contributed by atoms with Crippen molar-refractivity contribution in [3.63, 3.8) is 0 Å². The lowest BCUT2D eigenvalue weighted by Gasteiger charge is -2.17. The molecular weight excluding hydrogens is 376 g/mol. The van der Waals surface area contributed by atoms with Crippen LogP contribution in [0, 0.1) is 0 Å². The SMILES string of the molecule is O=C(O)COc1c(-c2ccccc2)cc2oc3ccccc3c2c1-c1ccccc1. The summed E-state index contributed by atoms with van der Waals surface area (Å²) in [6.45, 7) is -0.430. The molecule has 5 aromatic rings. The molecule has 4 heteroatoms. The van der Waals surface area contributed by atoms with Gasteiger partial charge in [-0.1, -0.05) is 78.9 Å². The van der Waals surface area contributed by atoms with Crippen molar-refractivity contribution in [1.82, 2.24) is 0 Å². The van der Waals surface area contributed by atoms with Crippen LogP contribution >= 0.6 is 0 Å². The fraction of sp³-hybridized carbons (Fsp3) is 0.0385. The highest BCUT2D eigenvalue weighted by Gasteiger charge is 2.22. The molecule has 1 N–H and O–H groups in total. The van der Waals surface area contributed by atoms with Gasteiger partial charge in [0.2, 0.25) is 0 Å². The summed E-state index contributed by atoms with van der Waals surface area (Å²) in [5.41, 5.74) is 5.00. The van der Waals surface area contributed by atoms with Crippen LogP contribution in [0.1, 0.15) is 0 Å². The van der Waals surface area contributed by atoms with Crippen molar-refractivity contribution in [3.8, 4) is 28.0 Å². The topological polar surface area (TPSA) is 59.7 Å². The van der Waals surface area contributed by atoms with Crippen molar-refractivity contribution in [3.05, 3.63) is 91.0 Å². The Kier molecular flexibility index (Phi) is 4.45. The molecule has 4 aromatic carbocycles. The summed E-state index contributed by atoms with van der Waals surface area (Å²) in [4.78, 5) is 11.4. The van der Waals surface area contributed by atoms with Crippen molar-refractivity contribution in [2.24, 2.45) is 0 Å². The Morgan fingerprint density at radius 1 is 0.800 bits per heavy atom. The molecule has 0 aliphatic heterocycles. The highest BCUT2D eigenvalue weighted by molar-refractivity contribution is 6.16. The van der Waals surface area contributed by atoms with E-state index in [0.717, 1.165) is 44.2 Å². The monoisotopic (exact) mass is 394 g/mol. The zero-order valence-electron chi connectivity index (χ0n) is 16.0. The molecule has 5 rings (SSSR count). The van der Waals surface area contributed by atoms with E-state index in [9.17, 15) is 9.90 Å². The second-order valence-corrected chi connectivity index (χ2v) is 7.01. The van der Waals surface area contributed by atoms with Crippen molar-refractivity contribution >= 4 is 27.9 Å². The van der Waals surface area contributed by atoms with Gasteiger partial charge >= 0.3 is 5.97 Å². The molecule has 0 spiro atoms. The van der Waals surface area contributed by atoms with Gasteiger partial charge in [0, 0.05) is 21.9 Å². The Balaban J connectivity index is 1.93. The number of aliphatic carboxylic acids is 1.